The van der Waals surface area contributed by atoms with E-state index in [1.54, 1.807) is 25.2 Å². The molecule has 0 fully saturated rings. The third-order valence-electron chi connectivity index (χ3n) is 2.90. The Morgan fingerprint density at radius 1 is 1.42 bits per heavy atom. The molecule has 1 amide bonds. The van der Waals surface area contributed by atoms with Gasteiger partial charge >= 0.3 is 0 Å². The zero-order chi connectivity index (χ0) is 14.4. The van der Waals surface area contributed by atoms with E-state index < -0.39 is 11.9 Å². The maximum Gasteiger partial charge on any atom is 0.239 e. The molecule has 0 heterocycles. The molecule has 0 bridgehead atoms. The summed E-state index contributed by atoms with van der Waals surface area (Å²) in [5, 5.41) is 0. The van der Waals surface area contributed by atoms with Crippen LogP contribution in [0, 0.1) is 11.7 Å². The van der Waals surface area contributed by atoms with E-state index >= 15 is 0 Å². The van der Waals surface area contributed by atoms with E-state index in [1.165, 1.54) is 11.0 Å². The molecule has 1 aromatic rings. The number of hydrogen-bond acceptors (Lipinski definition) is 3. The molecule has 1 aromatic carbocycles. The minimum atomic E-state index is -0.515. The Bertz CT molecular complexity index is 424. The van der Waals surface area contributed by atoms with Gasteiger partial charge in [-0.2, -0.15) is 0 Å². The van der Waals surface area contributed by atoms with E-state index in [1.807, 2.05) is 13.8 Å². The number of carbonyl (C=O) groups is 1. The van der Waals surface area contributed by atoms with Gasteiger partial charge in [-0.3, -0.25) is 4.79 Å². The second-order valence-electron chi connectivity index (χ2n) is 4.81. The molecule has 0 spiro atoms. The molecule has 0 saturated heterocycles. The number of halogens is 1. The maximum absolute atomic E-state index is 13.3. The lowest BCUT2D eigenvalue weighted by Crippen LogP contribution is -2.46. The monoisotopic (exact) mass is 268 g/mol. The fourth-order valence-corrected chi connectivity index (χ4v) is 1.50. The van der Waals surface area contributed by atoms with Crippen LogP contribution in [0.2, 0.25) is 0 Å². The first-order valence-corrected chi connectivity index (χ1v) is 6.31. The third kappa shape index (κ3) is 4.52. The lowest BCUT2D eigenvalue weighted by atomic mass is 10.0. The average molecular weight is 268 g/mol. The molecule has 2 N–H and O–H groups in total. The predicted molar refractivity (Wildman–Crippen MR) is 72.3 cm³/mol. The van der Waals surface area contributed by atoms with Crippen LogP contribution >= 0.6 is 0 Å². The molecule has 19 heavy (non-hydrogen) atoms. The number of rotatable bonds is 6. The van der Waals surface area contributed by atoms with Crippen LogP contribution in [0.3, 0.4) is 0 Å². The molecule has 0 aliphatic carbocycles. The molecule has 4 nitrogen and oxygen atoms in total. The number of nitrogens with two attached hydrogens (primary N) is 1. The molecule has 0 aromatic heterocycles. The highest BCUT2D eigenvalue weighted by Crippen LogP contribution is 2.15. The lowest BCUT2D eigenvalue weighted by Gasteiger charge is -2.23. The minimum Gasteiger partial charge on any atom is -0.489 e. The van der Waals surface area contributed by atoms with Gasteiger partial charge in [0.2, 0.25) is 5.91 Å². The molecule has 0 unspecified atom stereocenters. The normalized spacial score (nSPS) is 12.3. The number of amides is 1. The summed E-state index contributed by atoms with van der Waals surface area (Å²) in [6.45, 7) is 4.39. The highest BCUT2D eigenvalue weighted by Gasteiger charge is 2.20. The number of nitrogens with zero attached hydrogens (tertiary/aromatic N) is 1. The topological polar surface area (TPSA) is 55.6 Å². The van der Waals surface area contributed by atoms with Gasteiger partial charge in [-0.1, -0.05) is 26.0 Å². The van der Waals surface area contributed by atoms with Crippen molar-refractivity contribution in [3.63, 3.8) is 0 Å². The summed E-state index contributed by atoms with van der Waals surface area (Å²) >= 11 is 0. The van der Waals surface area contributed by atoms with Crippen molar-refractivity contribution in [1.82, 2.24) is 4.90 Å². The molecular weight excluding hydrogens is 247 g/mol. The van der Waals surface area contributed by atoms with Gasteiger partial charge in [0.25, 0.3) is 0 Å². The van der Waals surface area contributed by atoms with Crippen molar-refractivity contribution >= 4 is 5.91 Å². The highest BCUT2D eigenvalue weighted by atomic mass is 19.1. The molecule has 0 aliphatic rings. The maximum atomic E-state index is 13.3. The van der Waals surface area contributed by atoms with Crippen LogP contribution in [0.4, 0.5) is 4.39 Å². The fraction of sp³-hybridized carbons (Fsp3) is 0.500. The summed E-state index contributed by atoms with van der Waals surface area (Å²) < 4.78 is 18.6. The summed E-state index contributed by atoms with van der Waals surface area (Å²) in [5.74, 6) is -0.263. The zero-order valence-corrected chi connectivity index (χ0v) is 11.6. The van der Waals surface area contributed by atoms with Crippen molar-refractivity contribution in [3.8, 4) is 5.75 Å². The van der Waals surface area contributed by atoms with Gasteiger partial charge in [-0.15, -0.1) is 0 Å². The van der Waals surface area contributed by atoms with Crippen molar-refractivity contribution in [2.45, 2.75) is 19.9 Å². The van der Waals surface area contributed by atoms with Crippen molar-refractivity contribution in [3.05, 3.63) is 30.1 Å². The zero-order valence-electron chi connectivity index (χ0n) is 11.6. The summed E-state index contributed by atoms with van der Waals surface area (Å²) in [7, 11) is 1.66. The highest BCUT2D eigenvalue weighted by molar-refractivity contribution is 5.81. The largest absolute Gasteiger partial charge is 0.489 e. The second kappa shape index (κ2) is 7.09. The van der Waals surface area contributed by atoms with E-state index in [2.05, 4.69) is 0 Å². The molecule has 106 valence electrons. The predicted octanol–water partition coefficient (Wildman–Crippen LogP) is 1.65. The molecule has 0 aliphatic heterocycles. The molecule has 5 heteroatoms. The lowest BCUT2D eigenvalue weighted by molar-refractivity contribution is -0.132. The molecule has 0 saturated carbocycles. The van der Waals surface area contributed by atoms with Gasteiger partial charge in [0.05, 0.1) is 12.6 Å². The van der Waals surface area contributed by atoms with Crippen LogP contribution in [0.15, 0.2) is 24.3 Å². The minimum absolute atomic E-state index is 0.0856. The Kier molecular flexibility index (Phi) is 5.76. The van der Waals surface area contributed by atoms with E-state index in [9.17, 15) is 9.18 Å². The SMILES string of the molecule is CC(C)[C@@H](N)C(=O)N(C)CCOc1ccccc1F. The number of para-hydroxylation sites is 1. The first-order valence-electron chi connectivity index (χ1n) is 6.31. The van der Waals surface area contributed by atoms with Crippen LogP contribution < -0.4 is 10.5 Å². The molecule has 1 rings (SSSR count). The smallest absolute Gasteiger partial charge is 0.239 e. The van der Waals surface area contributed by atoms with Gasteiger partial charge in [0, 0.05) is 7.05 Å². The van der Waals surface area contributed by atoms with Gasteiger partial charge in [-0.25, -0.2) is 4.39 Å². The Balaban J connectivity index is 2.41. The van der Waals surface area contributed by atoms with Gasteiger partial charge in [0.1, 0.15) is 6.61 Å². The van der Waals surface area contributed by atoms with E-state index in [4.69, 9.17) is 10.5 Å². The van der Waals surface area contributed by atoms with Crippen LogP contribution in [-0.4, -0.2) is 37.0 Å². The first kappa shape index (κ1) is 15.4. The van der Waals surface area contributed by atoms with Gasteiger partial charge in [-0.05, 0) is 18.1 Å². The van der Waals surface area contributed by atoms with E-state index in [0.717, 1.165) is 0 Å². The quantitative estimate of drug-likeness (QED) is 0.853. The van der Waals surface area contributed by atoms with Crippen LogP contribution in [0.1, 0.15) is 13.8 Å². The summed E-state index contributed by atoms with van der Waals surface area (Å²) in [4.78, 5) is 13.4. The number of carbonyl (C=O) groups excluding carboxylic acids is 1. The van der Waals surface area contributed by atoms with E-state index in [0.29, 0.717) is 6.54 Å². The Labute approximate surface area is 113 Å². The number of benzene rings is 1. The first-order chi connectivity index (χ1) is 8.93. The van der Waals surface area contributed by atoms with E-state index in [-0.39, 0.29) is 24.2 Å². The van der Waals surface area contributed by atoms with Crippen LogP contribution in [0.5, 0.6) is 5.75 Å². The van der Waals surface area contributed by atoms with Gasteiger partial charge in [0.15, 0.2) is 11.6 Å². The van der Waals surface area contributed by atoms with Gasteiger partial charge < -0.3 is 15.4 Å². The number of ether oxygens (including phenoxy) is 1. The average Bonchev–Trinajstić information content (AvgIpc) is 2.38. The summed E-state index contributed by atoms with van der Waals surface area (Å²) in [6.07, 6.45) is 0. The van der Waals surface area contributed by atoms with Crippen molar-refractivity contribution < 1.29 is 13.9 Å². The standard InChI is InChI=1S/C14H21FN2O2/c1-10(2)13(16)14(18)17(3)8-9-19-12-7-5-4-6-11(12)15/h4-7,10,13H,8-9,16H2,1-3H3/t13-/m1/s1. The Morgan fingerprint density at radius 2 is 2.05 bits per heavy atom. The van der Waals surface area contributed by atoms with Crippen molar-refractivity contribution in [1.29, 1.82) is 0 Å². The molecule has 0 radical (unpaired) electrons. The Hall–Kier alpha value is -1.62. The number of hydrogen-bond donors (Lipinski definition) is 1. The third-order valence-corrected chi connectivity index (χ3v) is 2.90. The second-order valence-corrected chi connectivity index (χ2v) is 4.81. The van der Waals surface area contributed by atoms with Crippen LogP contribution in [0.25, 0.3) is 0 Å². The fourth-order valence-electron chi connectivity index (χ4n) is 1.50. The number of likely N-dealkylation sites (N-methyl/N-ethyl adjacent to an activating group) is 1. The molecular formula is C14H21FN2O2. The van der Waals surface area contributed by atoms with Crippen molar-refractivity contribution in [2.24, 2.45) is 11.7 Å². The van der Waals surface area contributed by atoms with Crippen molar-refractivity contribution in [2.75, 3.05) is 20.2 Å². The summed E-state index contributed by atoms with van der Waals surface area (Å²) in [6, 6.07) is 5.66. The summed E-state index contributed by atoms with van der Waals surface area (Å²) in [5.41, 5.74) is 5.78. The Morgan fingerprint density at radius 3 is 2.63 bits per heavy atom. The van der Waals surface area contributed by atoms with Crippen LogP contribution in [-0.2, 0) is 4.79 Å². The molecule has 1 atom stereocenters.